The van der Waals surface area contributed by atoms with Crippen LogP contribution in [-0.2, 0) is 0 Å². The van der Waals surface area contributed by atoms with Crippen molar-refractivity contribution in [3.05, 3.63) is 200 Å². The van der Waals surface area contributed by atoms with Crippen LogP contribution < -0.4 is 4.90 Å². The van der Waals surface area contributed by atoms with E-state index in [0.29, 0.717) is 0 Å². The maximum Gasteiger partial charge on any atom is 0.137 e. The van der Waals surface area contributed by atoms with Crippen molar-refractivity contribution in [2.45, 2.75) is 0 Å². The SMILES string of the molecule is c1ccc(-c2ccccc2N(c2ccccc2)c2ccc3c(c2)oc2cc(-c4ccc5oc6cc(-c7ccc8oc9ccccc9c8c7)ccc6c5c4)ccc23)cc1. The number of para-hydroxylation sites is 3. The van der Waals surface area contributed by atoms with Crippen LogP contribution in [0.2, 0.25) is 0 Å². The lowest BCUT2D eigenvalue weighted by Crippen LogP contribution is -2.11. The summed E-state index contributed by atoms with van der Waals surface area (Å²) in [5, 5.41) is 6.58. The van der Waals surface area contributed by atoms with Crippen LogP contribution in [0.4, 0.5) is 17.1 Å². The molecule has 0 aliphatic rings. The number of rotatable bonds is 6. The van der Waals surface area contributed by atoms with Gasteiger partial charge < -0.3 is 18.2 Å². The molecule has 0 bridgehead atoms. The summed E-state index contributed by atoms with van der Waals surface area (Å²) < 4.78 is 19.2. The van der Waals surface area contributed by atoms with Gasteiger partial charge in [-0.2, -0.15) is 0 Å². The van der Waals surface area contributed by atoms with Crippen molar-refractivity contribution in [2.75, 3.05) is 4.90 Å². The van der Waals surface area contributed by atoms with Crippen molar-refractivity contribution in [3.8, 4) is 33.4 Å². The summed E-state index contributed by atoms with van der Waals surface area (Å²) in [6.45, 7) is 0. The smallest absolute Gasteiger partial charge is 0.137 e. The third-order valence-corrected chi connectivity index (χ3v) is 11.5. The normalized spacial score (nSPS) is 11.8. The van der Waals surface area contributed by atoms with Gasteiger partial charge in [0.2, 0.25) is 0 Å². The Hall–Kier alpha value is -7.82. The van der Waals surface area contributed by atoms with Gasteiger partial charge in [-0.05, 0) is 113 Å². The van der Waals surface area contributed by atoms with Crippen LogP contribution in [0, 0.1) is 0 Å². The van der Waals surface area contributed by atoms with Crippen LogP contribution >= 0.6 is 0 Å². The molecule has 0 atom stereocenters. The lowest BCUT2D eigenvalue weighted by Gasteiger charge is -2.27. The van der Waals surface area contributed by atoms with E-state index in [1.165, 1.54) is 5.56 Å². The molecule has 0 N–H and O–H groups in total. The number of anilines is 3. The quantitative estimate of drug-likeness (QED) is 0.170. The van der Waals surface area contributed by atoms with Crippen molar-refractivity contribution in [1.82, 2.24) is 0 Å². The molecule has 12 rings (SSSR count). The largest absolute Gasteiger partial charge is 0.456 e. The molecule has 4 heteroatoms. The Morgan fingerprint density at radius 3 is 1.43 bits per heavy atom. The van der Waals surface area contributed by atoms with Gasteiger partial charge in [0.05, 0.1) is 5.69 Å². The van der Waals surface area contributed by atoms with Gasteiger partial charge in [-0.1, -0.05) is 109 Å². The molecule has 9 aromatic carbocycles. The number of hydrogen-bond donors (Lipinski definition) is 0. The van der Waals surface area contributed by atoms with Gasteiger partial charge >= 0.3 is 0 Å². The molecule has 3 heterocycles. The predicted molar refractivity (Wildman–Crippen MR) is 239 cm³/mol. The van der Waals surface area contributed by atoms with Crippen LogP contribution in [0.3, 0.4) is 0 Å². The molecule has 12 aromatic rings. The molecule has 0 saturated carbocycles. The summed E-state index contributed by atoms with van der Waals surface area (Å²) in [6, 6.07) is 70.3. The highest BCUT2D eigenvalue weighted by Gasteiger charge is 2.19. The summed E-state index contributed by atoms with van der Waals surface area (Å²) in [6.07, 6.45) is 0. The predicted octanol–water partition coefficient (Wildman–Crippen LogP) is 15.9. The Morgan fingerprint density at radius 2 is 0.724 bits per heavy atom. The second kappa shape index (κ2) is 12.9. The van der Waals surface area contributed by atoms with E-state index in [0.717, 1.165) is 111 Å². The van der Waals surface area contributed by atoms with Gasteiger partial charge in [0, 0.05) is 55.3 Å². The van der Waals surface area contributed by atoms with Crippen LogP contribution in [0.5, 0.6) is 0 Å². The van der Waals surface area contributed by atoms with Crippen LogP contribution in [0.15, 0.2) is 213 Å². The van der Waals surface area contributed by atoms with E-state index in [4.69, 9.17) is 13.3 Å². The van der Waals surface area contributed by atoms with Gasteiger partial charge in [-0.25, -0.2) is 0 Å². The maximum atomic E-state index is 6.68. The van der Waals surface area contributed by atoms with Gasteiger partial charge in [0.1, 0.15) is 33.5 Å². The van der Waals surface area contributed by atoms with Crippen LogP contribution in [0.25, 0.3) is 99.2 Å². The molecule has 0 amide bonds. The lowest BCUT2D eigenvalue weighted by atomic mass is 9.99. The molecule has 272 valence electrons. The highest BCUT2D eigenvalue weighted by atomic mass is 16.3. The summed E-state index contributed by atoms with van der Waals surface area (Å²) in [5.74, 6) is 0. The molecule has 0 spiro atoms. The van der Waals surface area contributed by atoms with Crippen molar-refractivity contribution >= 4 is 82.9 Å². The zero-order valence-corrected chi connectivity index (χ0v) is 31.2. The van der Waals surface area contributed by atoms with E-state index in [9.17, 15) is 0 Å². The fourth-order valence-electron chi connectivity index (χ4n) is 8.66. The first-order valence-corrected chi connectivity index (χ1v) is 19.6. The Bertz CT molecular complexity index is 3520. The minimum absolute atomic E-state index is 0.843. The molecular formula is C54H33NO3. The zero-order chi connectivity index (χ0) is 38.2. The maximum absolute atomic E-state index is 6.68. The highest BCUT2D eigenvalue weighted by Crippen LogP contribution is 2.43. The topological polar surface area (TPSA) is 42.7 Å². The van der Waals surface area contributed by atoms with E-state index >= 15 is 0 Å². The monoisotopic (exact) mass is 743 g/mol. The Kier molecular flexibility index (Phi) is 7.20. The summed E-state index contributed by atoms with van der Waals surface area (Å²) in [5.41, 5.74) is 15.2. The van der Waals surface area contributed by atoms with Crippen molar-refractivity contribution in [1.29, 1.82) is 0 Å². The van der Waals surface area contributed by atoms with Crippen molar-refractivity contribution in [3.63, 3.8) is 0 Å². The molecule has 58 heavy (non-hydrogen) atoms. The Morgan fingerprint density at radius 1 is 0.259 bits per heavy atom. The van der Waals surface area contributed by atoms with Gasteiger partial charge in [0.15, 0.2) is 0 Å². The molecule has 3 aromatic heterocycles. The number of benzene rings is 9. The van der Waals surface area contributed by atoms with Gasteiger partial charge in [0.25, 0.3) is 0 Å². The summed E-state index contributed by atoms with van der Waals surface area (Å²) in [4.78, 5) is 2.31. The average Bonchev–Trinajstić information content (AvgIpc) is 3.97. The molecule has 0 saturated heterocycles. The Labute approximate surface area is 333 Å². The fourth-order valence-corrected chi connectivity index (χ4v) is 8.66. The molecule has 0 unspecified atom stereocenters. The van der Waals surface area contributed by atoms with E-state index in [2.05, 4.69) is 193 Å². The van der Waals surface area contributed by atoms with Crippen LogP contribution in [0.1, 0.15) is 0 Å². The first-order chi connectivity index (χ1) is 28.7. The standard InChI is InChI=1S/C54H33NO3/c1-3-11-34(12-4-1)41-15-7-9-17-48(41)55(39-13-5-2-6-14-39)40-23-26-44-43-24-19-37(31-52(43)58-54(44)33-40)36-22-28-51-47(30-36)45-25-20-38(32-53(45)57-51)35-21-27-50-46(29-35)42-16-8-10-18-49(42)56-50/h1-33H. The van der Waals surface area contributed by atoms with Crippen molar-refractivity contribution < 1.29 is 13.3 Å². The van der Waals surface area contributed by atoms with E-state index in [1.54, 1.807) is 0 Å². The van der Waals surface area contributed by atoms with Gasteiger partial charge in [-0.3, -0.25) is 0 Å². The summed E-state index contributed by atoms with van der Waals surface area (Å²) >= 11 is 0. The second-order valence-corrected chi connectivity index (χ2v) is 14.9. The van der Waals surface area contributed by atoms with E-state index in [1.807, 2.05) is 12.1 Å². The Balaban J connectivity index is 0.911. The molecule has 0 aliphatic heterocycles. The fraction of sp³-hybridized carbons (Fsp3) is 0. The second-order valence-electron chi connectivity index (χ2n) is 14.9. The zero-order valence-electron chi connectivity index (χ0n) is 31.2. The van der Waals surface area contributed by atoms with Crippen LogP contribution in [-0.4, -0.2) is 0 Å². The number of nitrogens with zero attached hydrogens (tertiary/aromatic N) is 1. The number of hydrogen-bond acceptors (Lipinski definition) is 4. The average molecular weight is 744 g/mol. The molecular weight excluding hydrogens is 711 g/mol. The minimum Gasteiger partial charge on any atom is -0.456 e. The molecule has 0 fully saturated rings. The molecule has 4 nitrogen and oxygen atoms in total. The van der Waals surface area contributed by atoms with E-state index < -0.39 is 0 Å². The number of fused-ring (bicyclic) bond motifs is 9. The molecule has 0 aliphatic carbocycles. The first kappa shape index (κ1) is 32.4. The minimum atomic E-state index is 0.843. The lowest BCUT2D eigenvalue weighted by molar-refractivity contribution is 0.668. The van der Waals surface area contributed by atoms with E-state index in [-0.39, 0.29) is 0 Å². The third kappa shape index (κ3) is 5.23. The highest BCUT2D eigenvalue weighted by molar-refractivity contribution is 6.10. The van der Waals surface area contributed by atoms with Gasteiger partial charge in [-0.15, -0.1) is 0 Å². The first-order valence-electron chi connectivity index (χ1n) is 19.6. The molecule has 0 radical (unpaired) electrons. The van der Waals surface area contributed by atoms with Crippen molar-refractivity contribution in [2.24, 2.45) is 0 Å². The third-order valence-electron chi connectivity index (χ3n) is 11.5. The summed E-state index contributed by atoms with van der Waals surface area (Å²) in [7, 11) is 0. The number of furan rings is 3.